The van der Waals surface area contributed by atoms with Crippen LogP contribution < -0.4 is 10.1 Å². The van der Waals surface area contributed by atoms with E-state index in [0.29, 0.717) is 16.8 Å². The number of nitrogens with one attached hydrogen (secondary N) is 1. The number of hydrogen-bond donors (Lipinski definition) is 1. The summed E-state index contributed by atoms with van der Waals surface area (Å²) in [4.78, 5) is 16.2. The molecule has 2 aromatic heterocycles. The molecule has 1 amide bonds. The lowest BCUT2D eigenvalue weighted by molar-refractivity contribution is -0.115. The third-order valence-electron chi connectivity index (χ3n) is 3.41. The summed E-state index contributed by atoms with van der Waals surface area (Å²) in [6.45, 7) is 1.74. The zero-order valence-electron chi connectivity index (χ0n) is 14.0. The summed E-state index contributed by atoms with van der Waals surface area (Å²) in [5.74, 6) is 0.870. The minimum atomic E-state index is -0.463. The second kappa shape index (κ2) is 8.20. The first-order valence-electron chi connectivity index (χ1n) is 7.63. The van der Waals surface area contributed by atoms with Crippen LogP contribution in [0.3, 0.4) is 0 Å². The molecule has 0 fully saturated rings. The van der Waals surface area contributed by atoms with Crippen molar-refractivity contribution in [2.24, 2.45) is 0 Å². The van der Waals surface area contributed by atoms with Crippen LogP contribution in [0.4, 0.5) is 5.69 Å². The monoisotopic (exact) mass is 390 g/mol. The number of pyridine rings is 1. The summed E-state index contributed by atoms with van der Waals surface area (Å²) < 4.78 is 10.7. The molecule has 1 aromatic carbocycles. The van der Waals surface area contributed by atoms with Crippen LogP contribution in [0.25, 0.3) is 11.5 Å². The fraction of sp³-hybridized carbons (Fsp3) is 0.176. The number of amides is 1. The molecule has 0 unspecified atom stereocenters. The van der Waals surface area contributed by atoms with Crippen LogP contribution in [0.5, 0.6) is 5.75 Å². The number of thioether (sulfide) groups is 1. The summed E-state index contributed by atoms with van der Waals surface area (Å²) in [6, 6.07) is 10.6. The second-order valence-corrected chi connectivity index (χ2v) is 6.84. The van der Waals surface area contributed by atoms with Crippen LogP contribution in [-0.4, -0.2) is 33.4 Å². The largest absolute Gasteiger partial charge is 0.497 e. The predicted octanol–water partition coefficient (Wildman–Crippen LogP) is 3.91. The average molecular weight is 391 g/mol. The molecule has 134 valence electrons. The van der Waals surface area contributed by atoms with Gasteiger partial charge >= 0.3 is 0 Å². The van der Waals surface area contributed by atoms with Gasteiger partial charge in [0.1, 0.15) is 5.75 Å². The van der Waals surface area contributed by atoms with Crippen molar-refractivity contribution in [3.05, 3.63) is 47.7 Å². The van der Waals surface area contributed by atoms with Crippen LogP contribution in [0.1, 0.15) is 6.92 Å². The van der Waals surface area contributed by atoms with Gasteiger partial charge in [0.25, 0.3) is 5.22 Å². The molecule has 0 radical (unpaired) electrons. The Morgan fingerprint density at radius 3 is 2.73 bits per heavy atom. The number of ether oxygens (including phenoxy) is 1. The van der Waals surface area contributed by atoms with Crippen molar-refractivity contribution in [1.29, 1.82) is 0 Å². The van der Waals surface area contributed by atoms with E-state index in [0.717, 1.165) is 23.1 Å². The van der Waals surface area contributed by atoms with Crippen LogP contribution in [-0.2, 0) is 4.79 Å². The Morgan fingerprint density at radius 2 is 2.04 bits per heavy atom. The van der Waals surface area contributed by atoms with Gasteiger partial charge in [-0.1, -0.05) is 23.4 Å². The summed E-state index contributed by atoms with van der Waals surface area (Å²) in [7, 11) is 1.60. The number of aromatic nitrogens is 3. The number of carbonyl (C=O) groups excluding carboxylic acids is 1. The van der Waals surface area contributed by atoms with Gasteiger partial charge in [0.15, 0.2) is 5.15 Å². The Kier molecular flexibility index (Phi) is 5.75. The molecule has 2 heterocycles. The van der Waals surface area contributed by atoms with Gasteiger partial charge in [-0.3, -0.25) is 4.79 Å². The van der Waals surface area contributed by atoms with Gasteiger partial charge in [0.2, 0.25) is 11.8 Å². The van der Waals surface area contributed by atoms with Gasteiger partial charge in [-0.15, -0.1) is 10.2 Å². The molecule has 0 saturated carbocycles. The van der Waals surface area contributed by atoms with Crippen LogP contribution in [0.15, 0.2) is 52.2 Å². The second-order valence-electron chi connectivity index (χ2n) is 5.19. The van der Waals surface area contributed by atoms with E-state index in [1.54, 1.807) is 44.5 Å². The molecule has 0 saturated heterocycles. The number of anilines is 1. The van der Waals surface area contributed by atoms with E-state index in [9.17, 15) is 4.79 Å². The lowest BCUT2D eigenvalue weighted by Gasteiger charge is -2.10. The minimum absolute atomic E-state index is 0.234. The lowest BCUT2D eigenvalue weighted by Crippen LogP contribution is -2.22. The van der Waals surface area contributed by atoms with Crippen molar-refractivity contribution in [3.8, 4) is 17.2 Å². The van der Waals surface area contributed by atoms with E-state index in [1.807, 2.05) is 12.1 Å². The molecule has 0 aliphatic carbocycles. The van der Waals surface area contributed by atoms with Crippen LogP contribution in [0, 0.1) is 0 Å². The molecular weight excluding hydrogens is 376 g/mol. The smallest absolute Gasteiger partial charge is 0.277 e. The molecule has 0 aliphatic rings. The maximum Gasteiger partial charge on any atom is 0.277 e. The molecular formula is C17H15ClN4O3S. The SMILES string of the molecule is COc1ccc(-c2nnc(S[C@H](C)C(=O)Nc3cccnc3Cl)o2)cc1. The van der Waals surface area contributed by atoms with E-state index >= 15 is 0 Å². The molecule has 0 spiro atoms. The van der Waals surface area contributed by atoms with E-state index in [-0.39, 0.29) is 11.1 Å². The first-order valence-corrected chi connectivity index (χ1v) is 8.88. The predicted molar refractivity (Wildman–Crippen MR) is 99.5 cm³/mol. The van der Waals surface area contributed by atoms with E-state index < -0.39 is 5.25 Å². The molecule has 0 aliphatic heterocycles. The molecule has 7 nitrogen and oxygen atoms in total. The van der Waals surface area contributed by atoms with E-state index in [2.05, 4.69) is 20.5 Å². The number of benzene rings is 1. The zero-order valence-corrected chi connectivity index (χ0v) is 15.5. The quantitative estimate of drug-likeness (QED) is 0.504. The summed E-state index contributed by atoms with van der Waals surface area (Å²) >= 11 is 7.10. The standard InChI is InChI=1S/C17H15ClN4O3S/c1-10(15(23)20-13-4-3-9-19-14(13)18)26-17-22-21-16(25-17)11-5-7-12(24-2)8-6-11/h3-10H,1-2H3,(H,20,23)/t10-/m1/s1. The maximum atomic E-state index is 12.3. The molecule has 3 rings (SSSR count). The van der Waals surface area contributed by atoms with Crippen molar-refractivity contribution in [2.75, 3.05) is 12.4 Å². The Bertz CT molecular complexity index is 901. The van der Waals surface area contributed by atoms with Crippen molar-refractivity contribution in [1.82, 2.24) is 15.2 Å². The van der Waals surface area contributed by atoms with Gasteiger partial charge in [0.05, 0.1) is 18.0 Å². The van der Waals surface area contributed by atoms with Gasteiger partial charge in [-0.2, -0.15) is 0 Å². The van der Waals surface area contributed by atoms with Crippen molar-refractivity contribution < 1.29 is 13.9 Å². The van der Waals surface area contributed by atoms with Crippen molar-refractivity contribution >= 4 is 35.0 Å². The highest BCUT2D eigenvalue weighted by molar-refractivity contribution is 8.00. The fourth-order valence-corrected chi connectivity index (χ4v) is 2.88. The topological polar surface area (TPSA) is 90.1 Å². The fourth-order valence-electron chi connectivity index (χ4n) is 2.03. The van der Waals surface area contributed by atoms with Gasteiger partial charge in [-0.05, 0) is 43.3 Å². The molecule has 9 heteroatoms. The molecule has 3 aromatic rings. The number of carbonyl (C=O) groups is 1. The third kappa shape index (κ3) is 4.33. The van der Waals surface area contributed by atoms with Gasteiger partial charge in [-0.25, -0.2) is 4.98 Å². The third-order valence-corrected chi connectivity index (χ3v) is 4.64. The van der Waals surface area contributed by atoms with Gasteiger partial charge in [0, 0.05) is 11.8 Å². The minimum Gasteiger partial charge on any atom is -0.497 e. The summed E-state index contributed by atoms with van der Waals surface area (Å²) in [5.41, 5.74) is 1.22. The molecule has 1 N–H and O–H groups in total. The normalized spacial score (nSPS) is 11.8. The highest BCUT2D eigenvalue weighted by Gasteiger charge is 2.19. The molecule has 0 bridgehead atoms. The lowest BCUT2D eigenvalue weighted by atomic mass is 10.2. The van der Waals surface area contributed by atoms with Crippen LogP contribution >= 0.6 is 23.4 Å². The van der Waals surface area contributed by atoms with E-state index in [4.69, 9.17) is 20.8 Å². The number of hydrogen-bond acceptors (Lipinski definition) is 7. The number of nitrogens with zero attached hydrogens (tertiary/aromatic N) is 3. The highest BCUT2D eigenvalue weighted by atomic mass is 35.5. The molecule has 1 atom stereocenters. The number of rotatable bonds is 6. The Balaban J connectivity index is 1.64. The van der Waals surface area contributed by atoms with E-state index in [1.165, 1.54) is 0 Å². The number of methoxy groups -OCH3 is 1. The summed E-state index contributed by atoms with van der Waals surface area (Å²) in [6.07, 6.45) is 1.55. The summed E-state index contributed by atoms with van der Waals surface area (Å²) in [5, 5.41) is 10.8. The van der Waals surface area contributed by atoms with Crippen molar-refractivity contribution in [2.45, 2.75) is 17.4 Å². The van der Waals surface area contributed by atoms with Crippen LogP contribution in [0.2, 0.25) is 5.15 Å². The van der Waals surface area contributed by atoms with Crippen molar-refractivity contribution in [3.63, 3.8) is 0 Å². The highest BCUT2D eigenvalue weighted by Crippen LogP contribution is 2.28. The maximum absolute atomic E-state index is 12.3. The molecule has 26 heavy (non-hydrogen) atoms. The average Bonchev–Trinajstić information content (AvgIpc) is 3.12. The first kappa shape index (κ1) is 18.2. The van der Waals surface area contributed by atoms with Gasteiger partial charge < -0.3 is 14.5 Å². The first-order chi connectivity index (χ1) is 12.6. The Hall–Kier alpha value is -2.58. The zero-order chi connectivity index (χ0) is 18.5. The Labute approximate surface area is 159 Å². The number of halogens is 1. The Morgan fingerprint density at radius 1 is 1.27 bits per heavy atom.